The van der Waals surface area contributed by atoms with Crippen molar-refractivity contribution >= 4 is 40.0 Å². The number of nitriles is 2. The third-order valence-corrected chi connectivity index (χ3v) is 8.31. The van der Waals surface area contributed by atoms with Crippen LogP contribution in [0.15, 0.2) is 11.1 Å². The van der Waals surface area contributed by atoms with Crippen LogP contribution in [0.3, 0.4) is 0 Å². The Morgan fingerprint density at radius 1 is 1.21 bits per heavy atom. The quantitative estimate of drug-likeness (QED) is 0.395. The fourth-order valence-corrected chi connectivity index (χ4v) is 5.97. The van der Waals surface area contributed by atoms with Crippen molar-refractivity contribution in [3.63, 3.8) is 0 Å². The van der Waals surface area contributed by atoms with E-state index in [2.05, 4.69) is 17.5 Å². The molecule has 2 aromatic rings. The second kappa shape index (κ2) is 12.0. The lowest BCUT2D eigenvalue weighted by Gasteiger charge is -2.18. The van der Waals surface area contributed by atoms with Crippen LogP contribution >= 0.6 is 23.1 Å². The minimum absolute atomic E-state index is 0.226. The summed E-state index contributed by atoms with van der Waals surface area (Å²) in [5.41, 5.74) is 3.41. The molecular weight excluding hydrogens is 468 g/mol. The zero-order chi connectivity index (χ0) is 24.7. The number of aromatic nitrogens is 1. The lowest BCUT2D eigenvalue weighted by molar-refractivity contribution is -0.115. The van der Waals surface area contributed by atoms with Gasteiger partial charge in [-0.1, -0.05) is 31.5 Å². The molecule has 1 unspecified atom stereocenters. The van der Waals surface area contributed by atoms with Gasteiger partial charge in [-0.2, -0.15) is 10.5 Å². The first-order valence-electron chi connectivity index (χ1n) is 11.5. The Hall–Kier alpha value is -2.88. The molecule has 178 valence electrons. The van der Waals surface area contributed by atoms with Crippen molar-refractivity contribution in [1.82, 2.24) is 4.98 Å². The number of pyridine rings is 1. The molecule has 2 aromatic heterocycles. The van der Waals surface area contributed by atoms with Crippen LogP contribution in [0.5, 0.6) is 0 Å². The molecule has 0 aliphatic heterocycles. The van der Waals surface area contributed by atoms with Gasteiger partial charge in [0.05, 0.1) is 23.0 Å². The highest BCUT2D eigenvalue weighted by molar-refractivity contribution is 8.00. The smallest absolute Gasteiger partial charge is 0.348 e. The van der Waals surface area contributed by atoms with E-state index in [9.17, 15) is 20.1 Å². The standard InChI is InChI=1S/C25H28N4O3S2/c1-4-20(22(30)29-24-18(14-27)15(3)21(34-24)25(31)32-5-2)33-23-17(13-26)12-16-10-8-6-7-9-11-19(16)28-23/h12,20H,4-11H2,1-3H3,(H,29,30). The molecule has 2 heterocycles. The van der Waals surface area contributed by atoms with Gasteiger partial charge in [-0.15, -0.1) is 11.3 Å². The summed E-state index contributed by atoms with van der Waals surface area (Å²) in [5.74, 6) is -0.801. The maximum atomic E-state index is 13.2. The Bertz CT molecular complexity index is 1160. The molecule has 1 N–H and O–H groups in total. The van der Waals surface area contributed by atoms with Gasteiger partial charge in [0, 0.05) is 5.69 Å². The van der Waals surface area contributed by atoms with E-state index in [1.165, 1.54) is 24.6 Å². The van der Waals surface area contributed by atoms with Crippen molar-refractivity contribution in [1.29, 1.82) is 10.5 Å². The van der Waals surface area contributed by atoms with E-state index < -0.39 is 11.2 Å². The van der Waals surface area contributed by atoms with E-state index in [0.717, 1.165) is 48.3 Å². The topological polar surface area (TPSA) is 116 Å². The SMILES string of the molecule is CCOC(=O)c1sc(NC(=O)C(CC)Sc2nc3c(cc2C#N)CCCCCC3)c(C#N)c1C. The molecule has 34 heavy (non-hydrogen) atoms. The molecule has 1 atom stereocenters. The van der Waals surface area contributed by atoms with E-state index in [4.69, 9.17) is 9.72 Å². The molecule has 1 amide bonds. The van der Waals surface area contributed by atoms with Gasteiger partial charge in [0.1, 0.15) is 27.0 Å². The normalized spacial score (nSPS) is 14.0. The van der Waals surface area contributed by atoms with Gasteiger partial charge < -0.3 is 10.1 Å². The van der Waals surface area contributed by atoms with E-state index in [1.54, 1.807) is 13.8 Å². The summed E-state index contributed by atoms with van der Waals surface area (Å²) in [6.07, 6.45) is 6.87. The summed E-state index contributed by atoms with van der Waals surface area (Å²) >= 11 is 2.32. The molecule has 3 rings (SSSR count). The molecule has 0 saturated heterocycles. The van der Waals surface area contributed by atoms with Crippen LogP contribution in [0.2, 0.25) is 0 Å². The Kier molecular flexibility index (Phi) is 9.09. The second-order valence-electron chi connectivity index (χ2n) is 8.07. The number of hydrogen-bond donors (Lipinski definition) is 1. The first kappa shape index (κ1) is 25.7. The summed E-state index contributed by atoms with van der Waals surface area (Å²) in [4.78, 5) is 30.5. The predicted molar refractivity (Wildman–Crippen MR) is 133 cm³/mol. The molecule has 0 saturated carbocycles. The maximum Gasteiger partial charge on any atom is 0.348 e. The summed E-state index contributed by atoms with van der Waals surface area (Å²) < 4.78 is 5.07. The molecule has 1 aliphatic rings. The van der Waals surface area contributed by atoms with Crippen molar-refractivity contribution in [3.8, 4) is 12.1 Å². The Morgan fingerprint density at radius 3 is 2.59 bits per heavy atom. The second-order valence-corrected chi connectivity index (χ2v) is 10.3. The highest BCUT2D eigenvalue weighted by atomic mass is 32.2. The number of aryl methyl sites for hydroxylation is 2. The number of fused-ring (bicyclic) bond motifs is 1. The number of rotatable bonds is 7. The molecule has 0 bridgehead atoms. The number of ether oxygens (including phenoxy) is 1. The van der Waals surface area contributed by atoms with Crippen LogP contribution in [0, 0.1) is 29.6 Å². The average Bonchev–Trinajstić information content (AvgIpc) is 3.12. The molecule has 0 spiro atoms. The average molecular weight is 497 g/mol. The van der Waals surface area contributed by atoms with Gasteiger partial charge in [-0.3, -0.25) is 4.79 Å². The number of thiophene rings is 1. The molecule has 7 nitrogen and oxygen atoms in total. The Labute approximate surface area is 208 Å². The number of carbonyl (C=O) groups excluding carboxylic acids is 2. The number of nitrogens with one attached hydrogen (secondary N) is 1. The number of esters is 1. The minimum Gasteiger partial charge on any atom is -0.462 e. The highest BCUT2D eigenvalue weighted by Gasteiger charge is 2.26. The van der Waals surface area contributed by atoms with Crippen LogP contribution < -0.4 is 5.32 Å². The number of carbonyl (C=O) groups is 2. The number of nitrogens with zero attached hydrogens (tertiary/aromatic N) is 3. The van der Waals surface area contributed by atoms with Gasteiger partial charge in [0.15, 0.2) is 0 Å². The molecule has 9 heteroatoms. The Morgan fingerprint density at radius 2 is 1.94 bits per heavy atom. The lowest BCUT2D eigenvalue weighted by Crippen LogP contribution is -2.25. The zero-order valence-corrected chi connectivity index (χ0v) is 21.3. The third kappa shape index (κ3) is 5.78. The third-order valence-electron chi connectivity index (χ3n) is 5.76. The highest BCUT2D eigenvalue weighted by Crippen LogP contribution is 2.35. The van der Waals surface area contributed by atoms with Crippen molar-refractivity contribution in [2.24, 2.45) is 0 Å². The van der Waals surface area contributed by atoms with Crippen molar-refractivity contribution < 1.29 is 14.3 Å². The van der Waals surface area contributed by atoms with Crippen molar-refractivity contribution in [3.05, 3.63) is 38.9 Å². The van der Waals surface area contributed by atoms with Crippen molar-refractivity contribution in [2.75, 3.05) is 11.9 Å². The predicted octanol–water partition coefficient (Wildman–Crippen LogP) is 5.54. The first-order valence-corrected chi connectivity index (χ1v) is 13.2. The van der Waals surface area contributed by atoms with Gasteiger partial charge in [-0.05, 0) is 63.1 Å². The van der Waals surface area contributed by atoms with Gasteiger partial charge in [0.2, 0.25) is 5.91 Å². The van der Waals surface area contributed by atoms with Crippen LogP contribution in [-0.4, -0.2) is 28.7 Å². The van der Waals surface area contributed by atoms with Gasteiger partial charge >= 0.3 is 5.97 Å². The molecular formula is C25H28N4O3S2. The van der Waals surface area contributed by atoms with Gasteiger partial charge in [0.25, 0.3) is 0 Å². The molecule has 0 aromatic carbocycles. The summed E-state index contributed by atoms with van der Waals surface area (Å²) in [6, 6.07) is 6.26. The summed E-state index contributed by atoms with van der Waals surface area (Å²) in [7, 11) is 0. The summed E-state index contributed by atoms with van der Waals surface area (Å²) in [6.45, 7) is 5.50. The number of hydrogen-bond acceptors (Lipinski definition) is 8. The number of amides is 1. The lowest BCUT2D eigenvalue weighted by atomic mass is 9.96. The van der Waals surface area contributed by atoms with E-state index in [1.807, 2.05) is 13.0 Å². The van der Waals surface area contributed by atoms with Crippen molar-refractivity contribution in [2.45, 2.75) is 76.0 Å². The van der Waals surface area contributed by atoms with Crippen LogP contribution in [0.25, 0.3) is 0 Å². The van der Waals surface area contributed by atoms with Crippen LogP contribution in [-0.2, 0) is 22.4 Å². The fraction of sp³-hybridized carbons (Fsp3) is 0.480. The fourth-order valence-electron chi connectivity index (χ4n) is 3.92. The zero-order valence-electron chi connectivity index (χ0n) is 19.7. The molecule has 1 aliphatic carbocycles. The monoisotopic (exact) mass is 496 g/mol. The minimum atomic E-state index is -0.508. The van der Waals surface area contributed by atoms with E-state index >= 15 is 0 Å². The van der Waals surface area contributed by atoms with Crippen LogP contribution in [0.4, 0.5) is 5.00 Å². The summed E-state index contributed by atoms with van der Waals surface area (Å²) in [5, 5.41) is 22.5. The van der Waals surface area contributed by atoms with E-state index in [0.29, 0.717) is 32.5 Å². The Balaban J connectivity index is 1.84. The molecule has 0 radical (unpaired) electrons. The van der Waals surface area contributed by atoms with Gasteiger partial charge in [-0.25, -0.2) is 9.78 Å². The van der Waals surface area contributed by atoms with Crippen LogP contribution in [0.1, 0.15) is 83.6 Å². The number of anilines is 1. The first-order chi connectivity index (χ1) is 16.4. The largest absolute Gasteiger partial charge is 0.462 e. The maximum absolute atomic E-state index is 13.2. The van der Waals surface area contributed by atoms with E-state index in [-0.39, 0.29) is 18.1 Å². The number of thioether (sulfide) groups is 1. The molecule has 0 fully saturated rings.